The predicted molar refractivity (Wildman–Crippen MR) is 104 cm³/mol. The van der Waals surface area contributed by atoms with Crippen LogP contribution in [-0.4, -0.2) is 31.2 Å². The number of rotatable bonds is 6. The molecule has 2 N–H and O–H groups in total. The van der Waals surface area contributed by atoms with E-state index in [1.54, 1.807) is 38.1 Å². The van der Waals surface area contributed by atoms with E-state index in [0.717, 1.165) is 5.56 Å². The first-order valence-corrected chi connectivity index (χ1v) is 8.56. The number of nitrogens with zero attached hydrogens (tertiary/aromatic N) is 4. The molecule has 0 radical (unpaired) electrons. The lowest BCUT2D eigenvalue weighted by Gasteiger charge is -2.17. The minimum Gasteiger partial charge on any atom is -0.373 e. The number of pyridine rings is 1. The van der Waals surface area contributed by atoms with Crippen LogP contribution in [0.3, 0.4) is 0 Å². The van der Waals surface area contributed by atoms with Crippen molar-refractivity contribution in [2.75, 3.05) is 5.32 Å². The van der Waals surface area contributed by atoms with Crippen LogP contribution in [0.1, 0.15) is 12.5 Å². The molecule has 0 aliphatic carbocycles. The molecule has 1 aromatic carbocycles. The summed E-state index contributed by atoms with van der Waals surface area (Å²) in [5, 5.41) is 21.4. The highest BCUT2D eigenvalue weighted by molar-refractivity contribution is 5.95. The molecule has 3 rings (SSSR count). The van der Waals surface area contributed by atoms with Crippen molar-refractivity contribution in [3.63, 3.8) is 0 Å². The first kappa shape index (κ1) is 19.1. The van der Waals surface area contributed by atoms with Crippen LogP contribution in [0.5, 0.6) is 0 Å². The summed E-state index contributed by atoms with van der Waals surface area (Å²) in [6.07, 6.45) is 3.46. The summed E-state index contributed by atoms with van der Waals surface area (Å²) >= 11 is 0. The summed E-state index contributed by atoms with van der Waals surface area (Å²) < 4.78 is 3.04. The van der Waals surface area contributed by atoms with E-state index in [1.807, 2.05) is 0 Å². The molecule has 0 spiro atoms. The largest absolute Gasteiger partial charge is 0.373 e. The quantitative estimate of drug-likeness (QED) is 0.488. The molecular weight excluding hydrogens is 364 g/mol. The van der Waals surface area contributed by atoms with Gasteiger partial charge in [0.2, 0.25) is 5.91 Å². The Morgan fingerprint density at radius 3 is 2.71 bits per heavy atom. The molecule has 0 aliphatic rings. The second-order valence-electron chi connectivity index (χ2n) is 6.52. The fourth-order valence-corrected chi connectivity index (χ4v) is 2.89. The van der Waals surface area contributed by atoms with Crippen LogP contribution in [0.25, 0.3) is 10.9 Å². The maximum atomic E-state index is 12.4. The zero-order valence-electron chi connectivity index (χ0n) is 15.7. The van der Waals surface area contributed by atoms with Gasteiger partial charge in [-0.3, -0.25) is 24.4 Å². The molecule has 3 aromatic rings. The Balaban J connectivity index is 1.84. The predicted octanol–water partition coefficient (Wildman–Crippen LogP) is 1.30. The molecule has 0 fully saturated rings. The van der Waals surface area contributed by atoms with E-state index in [0.29, 0.717) is 23.1 Å². The number of amides is 1. The van der Waals surface area contributed by atoms with Gasteiger partial charge in [0, 0.05) is 61.7 Å². The summed E-state index contributed by atoms with van der Waals surface area (Å²) in [4.78, 5) is 35.2. The SMILES string of the molecule is CC(Nc1cc(=O)n(C)c2ccc([N+](=O)[O-])cc12)C(=O)NCc1cnn(C)c1. The highest BCUT2D eigenvalue weighted by Gasteiger charge is 2.17. The number of aromatic nitrogens is 3. The summed E-state index contributed by atoms with van der Waals surface area (Å²) in [5.74, 6) is -0.275. The van der Waals surface area contributed by atoms with Gasteiger partial charge in [-0.1, -0.05) is 0 Å². The van der Waals surface area contributed by atoms with Crippen LogP contribution in [0.2, 0.25) is 0 Å². The highest BCUT2D eigenvalue weighted by atomic mass is 16.6. The van der Waals surface area contributed by atoms with Crippen molar-refractivity contribution in [2.45, 2.75) is 19.5 Å². The third-order valence-corrected chi connectivity index (χ3v) is 4.43. The summed E-state index contributed by atoms with van der Waals surface area (Å²) in [6, 6.07) is 4.92. The van der Waals surface area contributed by atoms with E-state index in [4.69, 9.17) is 0 Å². The van der Waals surface area contributed by atoms with E-state index in [9.17, 15) is 19.7 Å². The number of non-ortho nitro benzene ring substituents is 1. The Kier molecular flexibility index (Phi) is 5.12. The van der Waals surface area contributed by atoms with Gasteiger partial charge < -0.3 is 15.2 Å². The molecule has 10 heteroatoms. The lowest BCUT2D eigenvalue weighted by Crippen LogP contribution is -2.37. The molecule has 0 bridgehead atoms. The van der Waals surface area contributed by atoms with Crippen LogP contribution < -0.4 is 16.2 Å². The summed E-state index contributed by atoms with van der Waals surface area (Å²) in [7, 11) is 3.38. The van der Waals surface area contributed by atoms with Gasteiger partial charge in [0.1, 0.15) is 6.04 Å². The average Bonchev–Trinajstić information content (AvgIpc) is 3.08. The van der Waals surface area contributed by atoms with Crippen LogP contribution in [0, 0.1) is 10.1 Å². The van der Waals surface area contributed by atoms with E-state index < -0.39 is 11.0 Å². The van der Waals surface area contributed by atoms with Gasteiger partial charge in [0.15, 0.2) is 0 Å². The number of nitrogens with one attached hydrogen (secondary N) is 2. The lowest BCUT2D eigenvalue weighted by molar-refractivity contribution is -0.384. The van der Waals surface area contributed by atoms with Gasteiger partial charge in [-0.2, -0.15) is 5.10 Å². The molecule has 2 heterocycles. The molecule has 1 atom stereocenters. The maximum absolute atomic E-state index is 12.4. The van der Waals surface area contributed by atoms with Gasteiger partial charge in [0.05, 0.1) is 16.6 Å². The number of hydrogen-bond donors (Lipinski definition) is 2. The normalized spacial score (nSPS) is 12.0. The zero-order chi connectivity index (χ0) is 20.4. The number of aryl methyl sites for hydroxylation is 2. The average molecular weight is 384 g/mol. The summed E-state index contributed by atoms with van der Waals surface area (Å²) in [6.45, 7) is 1.97. The molecule has 0 aliphatic heterocycles. The number of hydrogen-bond acceptors (Lipinski definition) is 6. The van der Waals surface area contributed by atoms with E-state index >= 15 is 0 Å². The maximum Gasteiger partial charge on any atom is 0.270 e. The van der Waals surface area contributed by atoms with Gasteiger partial charge in [-0.05, 0) is 13.0 Å². The number of carbonyl (C=O) groups excluding carboxylic acids is 1. The van der Waals surface area contributed by atoms with Crippen LogP contribution in [0.15, 0.2) is 41.5 Å². The monoisotopic (exact) mass is 384 g/mol. The van der Waals surface area contributed by atoms with Crippen LogP contribution in [-0.2, 0) is 25.4 Å². The van der Waals surface area contributed by atoms with Crippen molar-refractivity contribution in [1.82, 2.24) is 19.7 Å². The fourth-order valence-electron chi connectivity index (χ4n) is 2.89. The third-order valence-electron chi connectivity index (χ3n) is 4.43. The molecule has 1 unspecified atom stereocenters. The van der Waals surface area contributed by atoms with Gasteiger partial charge in [-0.15, -0.1) is 0 Å². The molecule has 1 amide bonds. The van der Waals surface area contributed by atoms with Crippen LogP contribution in [0.4, 0.5) is 11.4 Å². The molecule has 10 nitrogen and oxygen atoms in total. The Hall–Kier alpha value is -3.69. The van der Waals surface area contributed by atoms with E-state index in [2.05, 4.69) is 15.7 Å². The molecule has 146 valence electrons. The Morgan fingerprint density at radius 2 is 2.07 bits per heavy atom. The lowest BCUT2D eigenvalue weighted by atomic mass is 10.1. The van der Waals surface area contributed by atoms with E-state index in [-0.39, 0.29) is 17.2 Å². The fraction of sp³-hybridized carbons (Fsp3) is 0.278. The minimum absolute atomic E-state index is 0.0946. The van der Waals surface area contributed by atoms with Gasteiger partial charge in [0.25, 0.3) is 11.2 Å². The molecule has 28 heavy (non-hydrogen) atoms. The van der Waals surface area contributed by atoms with Gasteiger partial charge in [-0.25, -0.2) is 0 Å². The van der Waals surface area contributed by atoms with Crippen molar-refractivity contribution >= 4 is 28.2 Å². The smallest absolute Gasteiger partial charge is 0.270 e. The second-order valence-corrected chi connectivity index (χ2v) is 6.52. The van der Waals surface area contributed by atoms with Crippen molar-refractivity contribution in [1.29, 1.82) is 0 Å². The number of fused-ring (bicyclic) bond motifs is 1. The topological polar surface area (TPSA) is 124 Å². The standard InChI is InChI=1S/C18H20N6O4/c1-11(18(26)19-8-12-9-20-22(2)10-12)21-15-7-17(25)23(3)16-5-4-13(24(27)28)6-14(15)16/h4-7,9-11,21H,8H2,1-3H3,(H,19,26). The zero-order valence-corrected chi connectivity index (χ0v) is 15.7. The molecule has 0 saturated carbocycles. The molecule has 2 aromatic heterocycles. The van der Waals surface area contributed by atoms with Crippen LogP contribution >= 0.6 is 0 Å². The summed E-state index contributed by atoms with van der Waals surface area (Å²) in [5.41, 5.74) is 1.38. The highest BCUT2D eigenvalue weighted by Crippen LogP contribution is 2.26. The van der Waals surface area contributed by atoms with Gasteiger partial charge >= 0.3 is 0 Å². The van der Waals surface area contributed by atoms with Crippen molar-refractivity contribution in [3.8, 4) is 0 Å². The van der Waals surface area contributed by atoms with Crippen molar-refractivity contribution in [3.05, 3.63) is 62.7 Å². The number of carbonyl (C=O) groups is 1. The Bertz CT molecular complexity index is 1120. The minimum atomic E-state index is -0.661. The molecule has 0 saturated heterocycles. The Morgan fingerprint density at radius 1 is 1.32 bits per heavy atom. The third kappa shape index (κ3) is 3.85. The number of nitro benzene ring substituents is 1. The number of benzene rings is 1. The Labute approximate surface area is 159 Å². The van der Waals surface area contributed by atoms with Crippen molar-refractivity contribution < 1.29 is 9.72 Å². The number of anilines is 1. The first-order valence-electron chi connectivity index (χ1n) is 8.56. The molecular formula is C18H20N6O4. The number of nitro groups is 1. The first-order chi connectivity index (χ1) is 13.3. The second kappa shape index (κ2) is 7.51. The van der Waals surface area contributed by atoms with Crippen molar-refractivity contribution in [2.24, 2.45) is 14.1 Å². The van der Waals surface area contributed by atoms with E-state index in [1.165, 1.54) is 28.8 Å².